The lowest BCUT2D eigenvalue weighted by Gasteiger charge is -2.28. The summed E-state index contributed by atoms with van der Waals surface area (Å²) in [5, 5.41) is 3.15. The molecule has 0 saturated carbocycles. The second-order valence-electron chi connectivity index (χ2n) is 6.61. The number of aryl methyl sites for hydroxylation is 2. The third kappa shape index (κ3) is 3.77. The molecule has 0 spiro atoms. The van der Waals surface area contributed by atoms with Crippen molar-refractivity contribution in [2.24, 2.45) is 0 Å². The summed E-state index contributed by atoms with van der Waals surface area (Å²) in [6.45, 7) is 4.70. The summed E-state index contributed by atoms with van der Waals surface area (Å²) in [6.07, 6.45) is 1.02. The second-order valence-corrected chi connectivity index (χ2v) is 6.61. The Morgan fingerprint density at radius 2 is 2.00 bits per heavy atom. The first kappa shape index (κ1) is 18.1. The molecule has 1 unspecified atom stereocenters. The van der Waals surface area contributed by atoms with Gasteiger partial charge in [0.15, 0.2) is 0 Å². The SMILES string of the molecule is COc1ccc(CC(=O)NC2CCOc3c(C)cc(C)cc32)c(OC)c1. The monoisotopic (exact) mass is 355 g/mol. The van der Waals surface area contributed by atoms with E-state index < -0.39 is 0 Å². The summed E-state index contributed by atoms with van der Waals surface area (Å²) in [5.41, 5.74) is 4.17. The Morgan fingerprint density at radius 3 is 2.73 bits per heavy atom. The van der Waals surface area contributed by atoms with Crippen molar-refractivity contribution in [1.29, 1.82) is 0 Å². The van der Waals surface area contributed by atoms with Crippen LogP contribution in [0.1, 0.15) is 34.7 Å². The van der Waals surface area contributed by atoms with E-state index in [1.54, 1.807) is 20.3 Å². The topological polar surface area (TPSA) is 56.8 Å². The van der Waals surface area contributed by atoms with Gasteiger partial charge in [-0.15, -0.1) is 0 Å². The van der Waals surface area contributed by atoms with Crippen molar-refractivity contribution in [1.82, 2.24) is 5.32 Å². The van der Waals surface area contributed by atoms with Crippen molar-refractivity contribution in [3.8, 4) is 17.2 Å². The fourth-order valence-electron chi connectivity index (χ4n) is 3.44. The minimum atomic E-state index is -0.0366. The van der Waals surface area contributed by atoms with Gasteiger partial charge in [-0.3, -0.25) is 4.79 Å². The van der Waals surface area contributed by atoms with Gasteiger partial charge in [0.2, 0.25) is 5.91 Å². The van der Waals surface area contributed by atoms with Crippen LogP contribution in [0.2, 0.25) is 0 Å². The van der Waals surface area contributed by atoms with E-state index in [0.717, 1.165) is 28.9 Å². The van der Waals surface area contributed by atoms with E-state index in [-0.39, 0.29) is 18.4 Å². The zero-order valence-corrected chi connectivity index (χ0v) is 15.7. The Bertz CT molecular complexity index is 816. The van der Waals surface area contributed by atoms with Gasteiger partial charge in [-0.2, -0.15) is 0 Å². The van der Waals surface area contributed by atoms with Gasteiger partial charge in [0.1, 0.15) is 17.2 Å². The summed E-state index contributed by atoms with van der Waals surface area (Å²) in [6, 6.07) is 9.66. The van der Waals surface area contributed by atoms with Crippen molar-refractivity contribution in [3.63, 3.8) is 0 Å². The van der Waals surface area contributed by atoms with Crippen LogP contribution in [-0.4, -0.2) is 26.7 Å². The van der Waals surface area contributed by atoms with Crippen molar-refractivity contribution < 1.29 is 19.0 Å². The third-order valence-electron chi connectivity index (χ3n) is 4.66. The highest BCUT2D eigenvalue weighted by atomic mass is 16.5. The molecule has 138 valence electrons. The molecule has 0 fully saturated rings. The van der Waals surface area contributed by atoms with Crippen LogP contribution in [0.15, 0.2) is 30.3 Å². The van der Waals surface area contributed by atoms with Gasteiger partial charge in [0.05, 0.1) is 33.3 Å². The molecule has 1 N–H and O–H groups in total. The zero-order chi connectivity index (χ0) is 18.7. The summed E-state index contributed by atoms with van der Waals surface area (Å²) in [7, 11) is 3.20. The number of carbonyl (C=O) groups is 1. The van der Waals surface area contributed by atoms with Gasteiger partial charge in [-0.25, -0.2) is 0 Å². The average Bonchev–Trinajstić information content (AvgIpc) is 2.62. The smallest absolute Gasteiger partial charge is 0.225 e. The molecular weight excluding hydrogens is 330 g/mol. The molecule has 3 rings (SSSR count). The summed E-state index contributed by atoms with van der Waals surface area (Å²) in [4.78, 5) is 12.6. The highest BCUT2D eigenvalue weighted by Gasteiger charge is 2.25. The molecule has 1 atom stereocenters. The maximum absolute atomic E-state index is 12.6. The van der Waals surface area contributed by atoms with Crippen LogP contribution < -0.4 is 19.5 Å². The van der Waals surface area contributed by atoms with Crippen LogP contribution in [0.4, 0.5) is 0 Å². The highest BCUT2D eigenvalue weighted by molar-refractivity contribution is 5.80. The summed E-state index contributed by atoms with van der Waals surface area (Å²) in [5.74, 6) is 2.22. The van der Waals surface area contributed by atoms with Crippen molar-refractivity contribution in [2.75, 3.05) is 20.8 Å². The van der Waals surface area contributed by atoms with E-state index in [1.165, 1.54) is 5.56 Å². The molecule has 0 radical (unpaired) electrons. The van der Waals surface area contributed by atoms with Gasteiger partial charge < -0.3 is 19.5 Å². The number of carbonyl (C=O) groups excluding carboxylic acids is 1. The van der Waals surface area contributed by atoms with Gasteiger partial charge >= 0.3 is 0 Å². The molecule has 1 amide bonds. The van der Waals surface area contributed by atoms with Crippen LogP contribution in [-0.2, 0) is 11.2 Å². The maximum Gasteiger partial charge on any atom is 0.225 e. The largest absolute Gasteiger partial charge is 0.497 e. The summed E-state index contributed by atoms with van der Waals surface area (Å²) < 4.78 is 16.4. The first-order valence-corrected chi connectivity index (χ1v) is 8.76. The molecule has 2 aromatic rings. The highest BCUT2D eigenvalue weighted by Crippen LogP contribution is 2.36. The lowest BCUT2D eigenvalue weighted by molar-refractivity contribution is -0.121. The molecule has 5 heteroatoms. The Kier molecular flexibility index (Phi) is 5.35. The maximum atomic E-state index is 12.6. The number of ether oxygens (including phenoxy) is 3. The lowest BCUT2D eigenvalue weighted by Crippen LogP contribution is -2.33. The van der Waals surface area contributed by atoms with Gasteiger partial charge in [0, 0.05) is 23.6 Å². The predicted molar refractivity (Wildman–Crippen MR) is 100 cm³/mol. The zero-order valence-electron chi connectivity index (χ0n) is 15.7. The standard InChI is InChI=1S/C21H25NO4/c1-13-9-14(2)21-17(10-13)18(7-8-26-21)22-20(23)11-15-5-6-16(24-3)12-19(15)25-4/h5-6,9-10,12,18H,7-8,11H2,1-4H3,(H,22,23). The molecular formula is C21H25NO4. The minimum absolute atomic E-state index is 0.0332. The molecule has 1 aliphatic rings. The Hall–Kier alpha value is -2.69. The number of methoxy groups -OCH3 is 2. The van der Waals surface area contributed by atoms with Crippen molar-refractivity contribution >= 4 is 5.91 Å². The van der Waals surface area contributed by atoms with Crippen molar-refractivity contribution in [2.45, 2.75) is 32.7 Å². The number of hydrogen-bond acceptors (Lipinski definition) is 4. The average molecular weight is 355 g/mol. The number of benzene rings is 2. The van der Waals surface area contributed by atoms with Gasteiger partial charge in [-0.05, 0) is 25.5 Å². The molecule has 0 bridgehead atoms. The van der Waals surface area contributed by atoms with Crippen LogP contribution in [0.5, 0.6) is 17.2 Å². The first-order valence-electron chi connectivity index (χ1n) is 8.76. The lowest BCUT2D eigenvalue weighted by atomic mass is 9.95. The molecule has 5 nitrogen and oxygen atoms in total. The molecule has 0 aromatic heterocycles. The summed E-state index contributed by atoms with van der Waals surface area (Å²) >= 11 is 0. The molecule has 1 heterocycles. The van der Waals surface area contributed by atoms with E-state index in [4.69, 9.17) is 14.2 Å². The van der Waals surface area contributed by atoms with E-state index in [1.807, 2.05) is 19.1 Å². The second kappa shape index (κ2) is 7.68. The molecule has 0 saturated heterocycles. The normalized spacial score (nSPS) is 15.6. The van der Waals surface area contributed by atoms with E-state index in [2.05, 4.69) is 24.4 Å². The Morgan fingerprint density at radius 1 is 1.19 bits per heavy atom. The molecule has 2 aromatic carbocycles. The predicted octanol–water partition coefficient (Wildman–Crippen LogP) is 3.50. The fraction of sp³-hybridized carbons (Fsp3) is 0.381. The van der Waals surface area contributed by atoms with Crippen LogP contribution in [0.25, 0.3) is 0 Å². The minimum Gasteiger partial charge on any atom is -0.497 e. The number of rotatable bonds is 5. The number of amides is 1. The number of nitrogens with one attached hydrogen (secondary N) is 1. The van der Waals surface area contributed by atoms with E-state index in [9.17, 15) is 4.79 Å². The van der Waals surface area contributed by atoms with Crippen LogP contribution in [0.3, 0.4) is 0 Å². The van der Waals surface area contributed by atoms with E-state index in [0.29, 0.717) is 18.1 Å². The van der Waals surface area contributed by atoms with Gasteiger partial charge in [-0.1, -0.05) is 23.8 Å². The first-order chi connectivity index (χ1) is 12.5. The fourth-order valence-corrected chi connectivity index (χ4v) is 3.44. The van der Waals surface area contributed by atoms with Crippen LogP contribution >= 0.6 is 0 Å². The van der Waals surface area contributed by atoms with Crippen molar-refractivity contribution in [3.05, 3.63) is 52.6 Å². The number of hydrogen-bond donors (Lipinski definition) is 1. The number of fused-ring (bicyclic) bond motifs is 1. The van der Waals surface area contributed by atoms with Gasteiger partial charge in [0.25, 0.3) is 0 Å². The van der Waals surface area contributed by atoms with Crippen LogP contribution in [0, 0.1) is 13.8 Å². The van der Waals surface area contributed by atoms with E-state index >= 15 is 0 Å². The Labute approximate surface area is 154 Å². The molecule has 26 heavy (non-hydrogen) atoms. The Balaban J connectivity index is 1.76. The third-order valence-corrected chi connectivity index (χ3v) is 4.66. The molecule has 1 aliphatic heterocycles. The molecule has 0 aliphatic carbocycles. The quantitative estimate of drug-likeness (QED) is 0.892.